The van der Waals surface area contributed by atoms with Crippen LogP contribution in [0.3, 0.4) is 0 Å². The molecule has 2 rings (SSSR count). The van der Waals surface area contributed by atoms with Gasteiger partial charge in [-0.1, -0.05) is 13.0 Å². The van der Waals surface area contributed by atoms with Gasteiger partial charge in [-0.05, 0) is 30.5 Å². The normalized spacial score (nSPS) is 19.3. The quantitative estimate of drug-likeness (QED) is 0.448. The Hall–Kier alpha value is -2.77. The Kier molecular flexibility index (Phi) is 7.66. The van der Waals surface area contributed by atoms with Crippen LogP contribution in [0.25, 0.3) is 0 Å². The number of likely N-dealkylation sites (tertiary alicyclic amines) is 1. The third-order valence-corrected chi connectivity index (χ3v) is 4.83. The number of carbonyl (C=O) groups is 2. The van der Waals surface area contributed by atoms with E-state index in [-0.39, 0.29) is 17.8 Å². The molecule has 8 heteroatoms. The number of benzene rings is 1. The van der Waals surface area contributed by atoms with Crippen LogP contribution in [0.15, 0.2) is 23.2 Å². The fourth-order valence-electron chi connectivity index (χ4n) is 3.31. The SMILES string of the molecule is CCNC(=NCc1ccc(OC)c(C(=O)OC)c1)N1CC(C)C(C(=O)OC)C1. The Balaban J connectivity index is 2.19. The number of methoxy groups -OCH3 is 3. The minimum Gasteiger partial charge on any atom is -0.496 e. The summed E-state index contributed by atoms with van der Waals surface area (Å²) in [6, 6.07) is 5.32. The molecule has 0 saturated carbocycles. The second-order valence-corrected chi connectivity index (χ2v) is 6.71. The summed E-state index contributed by atoms with van der Waals surface area (Å²) in [5, 5.41) is 3.27. The molecule has 28 heavy (non-hydrogen) atoms. The van der Waals surface area contributed by atoms with Gasteiger partial charge in [-0.15, -0.1) is 0 Å². The lowest BCUT2D eigenvalue weighted by atomic mass is 9.99. The summed E-state index contributed by atoms with van der Waals surface area (Å²) in [6.07, 6.45) is 0. The second kappa shape index (κ2) is 9.96. The second-order valence-electron chi connectivity index (χ2n) is 6.71. The highest BCUT2D eigenvalue weighted by Gasteiger charge is 2.36. The van der Waals surface area contributed by atoms with Crippen molar-refractivity contribution >= 4 is 17.9 Å². The molecule has 1 aliphatic heterocycles. The number of nitrogens with one attached hydrogen (secondary N) is 1. The van der Waals surface area contributed by atoms with Crippen molar-refractivity contribution in [3.8, 4) is 5.75 Å². The van der Waals surface area contributed by atoms with Crippen LogP contribution < -0.4 is 10.1 Å². The van der Waals surface area contributed by atoms with E-state index in [9.17, 15) is 9.59 Å². The van der Waals surface area contributed by atoms with E-state index in [1.807, 2.05) is 19.9 Å². The summed E-state index contributed by atoms with van der Waals surface area (Å²) in [6.45, 7) is 6.41. The molecular weight excluding hydrogens is 362 g/mol. The number of nitrogens with zero attached hydrogens (tertiary/aromatic N) is 2. The molecule has 8 nitrogen and oxygen atoms in total. The zero-order chi connectivity index (χ0) is 20.7. The zero-order valence-electron chi connectivity index (χ0n) is 17.2. The number of hydrogen-bond donors (Lipinski definition) is 1. The van der Waals surface area contributed by atoms with Gasteiger partial charge in [0.05, 0.1) is 33.8 Å². The van der Waals surface area contributed by atoms with Crippen LogP contribution in [0.2, 0.25) is 0 Å². The average molecular weight is 391 g/mol. The molecule has 1 fully saturated rings. The summed E-state index contributed by atoms with van der Waals surface area (Å²) in [5.74, 6) is 0.563. The Morgan fingerprint density at radius 2 is 1.96 bits per heavy atom. The van der Waals surface area contributed by atoms with E-state index in [0.717, 1.165) is 18.1 Å². The highest BCUT2D eigenvalue weighted by atomic mass is 16.5. The number of carbonyl (C=O) groups excluding carboxylic acids is 2. The van der Waals surface area contributed by atoms with Crippen molar-refractivity contribution in [2.75, 3.05) is 41.0 Å². The summed E-state index contributed by atoms with van der Waals surface area (Å²) >= 11 is 0. The van der Waals surface area contributed by atoms with Crippen molar-refractivity contribution in [2.24, 2.45) is 16.8 Å². The van der Waals surface area contributed by atoms with Crippen molar-refractivity contribution in [2.45, 2.75) is 20.4 Å². The molecule has 1 aliphatic rings. The van der Waals surface area contributed by atoms with Crippen LogP contribution in [0.4, 0.5) is 0 Å². The predicted octanol–water partition coefficient (Wildman–Crippen LogP) is 1.69. The largest absolute Gasteiger partial charge is 0.496 e. The molecular formula is C20H29N3O5. The van der Waals surface area contributed by atoms with Gasteiger partial charge in [-0.3, -0.25) is 4.79 Å². The van der Waals surface area contributed by atoms with E-state index < -0.39 is 5.97 Å². The van der Waals surface area contributed by atoms with Crippen LogP contribution >= 0.6 is 0 Å². The number of esters is 2. The highest BCUT2D eigenvalue weighted by Crippen LogP contribution is 2.25. The van der Waals surface area contributed by atoms with Crippen molar-refractivity contribution in [1.82, 2.24) is 10.2 Å². The smallest absolute Gasteiger partial charge is 0.341 e. The standard InChI is InChI=1S/C20H29N3O5/c1-6-21-20(23-11-13(2)16(12-23)19(25)28-5)22-10-14-7-8-17(26-3)15(9-14)18(24)27-4/h7-9,13,16H,6,10-12H2,1-5H3,(H,21,22). The van der Waals surface area contributed by atoms with Crippen molar-refractivity contribution < 1.29 is 23.8 Å². The monoisotopic (exact) mass is 391 g/mol. The van der Waals surface area contributed by atoms with E-state index in [2.05, 4.69) is 15.2 Å². The van der Waals surface area contributed by atoms with E-state index in [0.29, 0.717) is 30.9 Å². The third-order valence-electron chi connectivity index (χ3n) is 4.83. The number of guanidine groups is 1. The van der Waals surface area contributed by atoms with E-state index >= 15 is 0 Å². The number of ether oxygens (including phenoxy) is 3. The van der Waals surface area contributed by atoms with E-state index in [4.69, 9.17) is 14.2 Å². The van der Waals surface area contributed by atoms with E-state index in [1.165, 1.54) is 21.3 Å². The molecule has 2 atom stereocenters. The first-order chi connectivity index (χ1) is 13.4. The molecule has 0 amide bonds. The van der Waals surface area contributed by atoms with Crippen LogP contribution in [0.5, 0.6) is 5.75 Å². The topological polar surface area (TPSA) is 89.5 Å². The molecule has 1 aromatic carbocycles. The van der Waals surface area contributed by atoms with Crippen molar-refractivity contribution in [1.29, 1.82) is 0 Å². The van der Waals surface area contributed by atoms with Gasteiger partial charge in [0.15, 0.2) is 5.96 Å². The number of aliphatic imine (C=N–C) groups is 1. The maximum absolute atomic E-state index is 12.0. The van der Waals surface area contributed by atoms with Gasteiger partial charge in [0.1, 0.15) is 11.3 Å². The summed E-state index contributed by atoms with van der Waals surface area (Å²) in [5.41, 5.74) is 1.22. The Bertz CT molecular complexity index is 735. The molecule has 154 valence electrons. The summed E-state index contributed by atoms with van der Waals surface area (Å²) < 4.78 is 14.9. The fourth-order valence-corrected chi connectivity index (χ4v) is 3.31. The van der Waals surface area contributed by atoms with Gasteiger partial charge >= 0.3 is 11.9 Å². The van der Waals surface area contributed by atoms with E-state index in [1.54, 1.807) is 12.1 Å². The van der Waals surface area contributed by atoms with Crippen molar-refractivity contribution in [3.05, 3.63) is 29.3 Å². The zero-order valence-corrected chi connectivity index (χ0v) is 17.2. The van der Waals surface area contributed by atoms with Crippen LogP contribution in [-0.4, -0.2) is 63.8 Å². The molecule has 1 N–H and O–H groups in total. The van der Waals surface area contributed by atoms with Crippen LogP contribution in [-0.2, 0) is 20.8 Å². The summed E-state index contributed by atoms with van der Waals surface area (Å²) in [7, 11) is 4.26. The molecule has 2 unspecified atom stereocenters. The maximum atomic E-state index is 12.0. The summed E-state index contributed by atoms with van der Waals surface area (Å²) in [4.78, 5) is 30.7. The van der Waals surface area contributed by atoms with Gasteiger partial charge in [-0.2, -0.15) is 0 Å². The van der Waals surface area contributed by atoms with Gasteiger partial charge in [0, 0.05) is 19.6 Å². The molecule has 1 heterocycles. The Morgan fingerprint density at radius 1 is 1.21 bits per heavy atom. The molecule has 0 bridgehead atoms. The minimum absolute atomic E-state index is 0.166. The number of hydrogen-bond acceptors (Lipinski definition) is 6. The lowest BCUT2D eigenvalue weighted by Gasteiger charge is -2.21. The van der Waals surface area contributed by atoms with Gasteiger partial charge < -0.3 is 24.4 Å². The lowest BCUT2D eigenvalue weighted by Crippen LogP contribution is -2.40. The lowest BCUT2D eigenvalue weighted by molar-refractivity contribution is -0.145. The molecule has 0 aliphatic carbocycles. The van der Waals surface area contributed by atoms with Crippen molar-refractivity contribution in [3.63, 3.8) is 0 Å². The van der Waals surface area contributed by atoms with Crippen LogP contribution in [0.1, 0.15) is 29.8 Å². The van der Waals surface area contributed by atoms with Gasteiger partial charge in [0.25, 0.3) is 0 Å². The Morgan fingerprint density at radius 3 is 2.57 bits per heavy atom. The average Bonchev–Trinajstić information content (AvgIpc) is 3.11. The molecule has 0 spiro atoms. The van der Waals surface area contributed by atoms with Crippen LogP contribution in [0, 0.1) is 11.8 Å². The predicted molar refractivity (Wildman–Crippen MR) is 105 cm³/mol. The van der Waals surface area contributed by atoms with Gasteiger partial charge in [-0.25, -0.2) is 9.79 Å². The van der Waals surface area contributed by atoms with Gasteiger partial charge in [0.2, 0.25) is 0 Å². The highest BCUT2D eigenvalue weighted by molar-refractivity contribution is 5.92. The molecule has 1 saturated heterocycles. The fraction of sp³-hybridized carbons (Fsp3) is 0.550. The molecule has 0 aromatic heterocycles. The molecule has 1 aromatic rings. The number of rotatable bonds is 6. The minimum atomic E-state index is -0.455. The first kappa shape index (κ1) is 21.5. The third kappa shape index (κ3) is 4.94. The maximum Gasteiger partial charge on any atom is 0.341 e. The first-order valence-electron chi connectivity index (χ1n) is 9.31. The molecule has 0 radical (unpaired) electrons. The first-order valence-corrected chi connectivity index (χ1v) is 9.31. The Labute approximate surface area is 165 Å².